The molecule has 3 nitrogen and oxygen atoms in total. The SMILES string of the molecule is CCc1ccc(NC(=O)CSCc2ccc(C#N)cc2)cc1. The van der Waals surface area contributed by atoms with Gasteiger partial charge >= 0.3 is 0 Å². The third kappa shape index (κ3) is 4.94. The predicted octanol–water partition coefficient (Wildman–Crippen LogP) is 3.99. The number of amides is 1. The van der Waals surface area contributed by atoms with Crippen molar-refractivity contribution < 1.29 is 4.79 Å². The largest absolute Gasteiger partial charge is 0.325 e. The van der Waals surface area contributed by atoms with E-state index in [1.54, 1.807) is 23.9 Å². The van der Waals surface area contributed by atoms with E-state index in [0.29, 0.717) is 11.3 Å². The van der Waals surface area contributed by atoms with Crippen molar-refractivity contribution in [3.05, 3.63) is 65.2 Å². The highest BCUT2D eigenvalue weighted by Crippen LogP contribution is 2.14. The lowest BCUT2D eigenvalue weighted by Crippen LogP contribution is -2.14. The Morgan fingerprint density at radius 3 is 2.32 bits per heavy atom. The molecule has 0 saturated carbocycles. The average molecular weight is 310 g/mol. The first-order valence-corrected chi connectivity index (χ1v) is 8.32. The smallest absolute Gasteiger partial charge is 0.234 e. The molecule has 112 valence electrons. The van der Waals surface area contributed by atoms with E-state index in [9.17, 15) is 4.79 Å². The van der Waals surface area contributed by atoms with Gasteiger partial charge in [0.2, 0.25) is 5.91 Å². The Hall–Kier alpha value is -2.25. The second-order valence-electron chi connectivity index (χ2n) is 4.90. The standard InChI is InChI=1S/C18H18N2OS/c1-2-14-7-9-17(10-8-14)20-18(21)13-22-12-16-5-3-15(11-19)4-6-16/h3-10H,2,12-13H2,1H3,(H,20,21). The molecular weight excluding hydrogens is 292 g/mol. The van der Waals surface area contributed by atoms with Crippen LogP contribution in [0.4, 0.5) is 5.69 Å². The zero-order valence-electron chi connectivity index (χ0n) is 12.5. The van der Waals surface area contributed by atoms with Gasteiger partial charge in [-0.2, -0.15) is 5.26 Å². The van der Waals surface area contributed by atoms with E-state index in [1.165, 1.54) is 5.56 Å². The summed E-state index contributed by atoms with van der Waals surface area (Å²) >= 11 is 1.56. The van der Waals surface area contributed by atoms with Crippen molar-refractivity contribution in [1.29, 1.82) is 5.26 Å². The molecule has 0 aliphatic carbocycles. The minimum absolute atomic E-state index is 0.00268. The van der Waals surface area contributed by atoms with Crippen molar-refractivity contribution in [2.75, 3.05) is 11.1 Å². The van der Waals surface area contributed by atoms with Crippen molar-refractivity contribution >= 4 is 23.4 Å². The van der Waals surface area contributed by atoms with E-state index < -0.39 is 0 Å². The third-order valence-corrected chi connectivity index (χ3v) is 4.23. The van der Waals surface area contributed by atoms with Crippen LogP contribution in [0.1, 0.15) is 23.6 Å². The van der Waals surface area contributed by atoms with Gasteiger partial charge in [-0.15, -0.1) is 11.8 Å². The number of rotatable bonds is 6. The summed E-state index contributed by atoms with van der Waals surface area (Å²) < 4.78 is 0. The van der Waals surface area contributed by atoms with Gasteiger partial charge in [0.05, 0.1) is 17.4 Å². The first-order valence-electron chi connectivity index (χ1n) is 7.17. The number of nitriles is 1. The molecule has 0 aliphatic rings. The molecule has 0 atom stereocenters. The Morgan fingerprint density at radius 2 is 1.73 bits per heavy atom. The molecule has 0 spiro atoms. The maximum Gasteiger partial charge on any atom is 0.234 e. The Bertz CT molecular complexity index is 657. The van der Waals surface area contributed by atoms with Gasteiger partial charge in [-0.1, -0.05) is 31.2 Å². The zero-order valence-corrected chi connectivity index (χ0v) is 13.3. The van der Waals surface area contributed by atoms with Gasteiger partial charge in [-0.25, -0.2) is 0 Å². The summed E-state index contributed by atoms with van der Waals surface area (Å²) in [7, 11) is 0. The van der Waals surface area contributed by atoms with Crippen molar-refractivity contribution in [2.45, 2.75) is 19.1 Å². The van der Waals surface area contributed by atoms with Crippen LogP contribution in [-0.2, 0) is 17.0 Å². The maximum absolute atomic E-state index is 11.9. The van der Waals surface area contributed by atoms with Gasteiger partial charge in [0.15, 0.2) is 0 Å². The van der Waals surface area contributed by atoms with Crippen LogP contribution in [0.25, 0.3) is 0 Å². The molecule has 2 rings (SSSR count). The summed E-state index contributed by atoms with van der Waals surface area (Å²) in [5, 5.41) is 11.6. The van der Waals surface area contributed by atoms with Gasteiger partial charge in [-0.05, 0) is 41.8 Å². The van der Waals surface area contributed by atoms with Gasteiger partial charge in [-0.3, -0.25) is 4.79 Å². The number of aryl methyl sites for hydroxylation is 1. The van der Waals surface area contributed by atoms with Crippen molar-refractivity contribution in [1.82, 2.24) is 0 Å². The number of anilines is 1. The highest BCUT2D eigenvalue weighted by molar-refractivity contribution is 7.99. The van der Waals surface area contributed by atoms with Crippen LogP contribution in [-0.4, -0.2) is 11.7 Å². The highest BCUT2D eigenvalue weighted by Gasteiger charge is 2.03. The van der Waals surface area contributed by atoms with E-state index in [0.717, 1.165) is 23.4 Å². The average Bonchev–Trinajstić information content (AvgIpc) is 2.56. The van der Waals surface area contributed by atoms with Crippen molar-refractivity contribution in [3.63, 3.8) is 0 Å². The third-order valence-electron chi connectivity index (χ3n) is 3.23. The minimum Gasteiger partial charge on any atom is -0.325 e. The fraction of sp³-hybridized carbons (Fsp3) is 0.222. The molecule has 2 aromatic rings. The lowest BCUT2D eigenvalue weighted by atomic mass is 10.1. The second-order valence-corrected chi connectivity index (χ2v) is 5.89. The number of nitrogens with one attached hydrogen (secondary N) is 1. The second kappa shape index (κ2) is 8.26. The van der Waals surface area contributed by atoms with Crippen LogP contribution in [0.5, 0.6) is 0 Å². The normalized spacial score (nSPS) is 10.0. The number of nitrogens with zero attached hydrogens (tertiary/aromatic N) is 1. The van der Waals surface area contributed by atoms with Crippen LogP contribution < -0.4 is 5.32 Å². The molecule has 1 N–H and O–H groups in total. The Labute approximate surface area is 135 Å². The van der Waals surface area contributed by atoms with E-state index in [2.05, 4.69) is 18.3 Å². The molecular formula is C18H18N2OS. The predicted molar refractivity (Wildman–Crippen MR) is 91.8 cm³/mol. The Kier molecular flexibility index (Phi) is 6.05. The number of carbonyl (C=O) groups excluding carboxylic acids is 1. The molecule has 0 fully saturated rings. The summed E-state index contributed by atoms with van der Waals surface area (Å²) in [6.07, 6.45) is 0.995. The molecule has 0 aromatic heterocycles. The molecule has 0 bridgehead atoms. The molecule has 0 radical (unpaired) electrons. The lowest BCUT2D eigenvalue weighted by Gasteiger charge is -2.06. The van der Waals surface area contributed by atoms with E-state index in [-0.39, 0.29) is 5.91 Å². The van der Waals surface area contributed by atoms with Crippen molar-refractivity contribution in [3.8, 4) is 6.07 Å². The maximum atomic E-state index is 11.9. The zero-order chi connectivity index (χ0) is 15.8. The minimum atomic E-state index is 0.00268. The molecule has 0 unspecified atom stereocenters. The van der Waals surface area contributed by atoms with Crippen LogP contribution >= 0.6 is 11.8 Å². The number of thioether (sulfide) groups is 1. The molecule has 2 aromatic carbocycles. The van der Waals surface area contributed by atoms with Crippen LogP contribution in [0.15, 0.2) is 48.5 Å². The van der Waals surface area contributed by atoms with Gasteiger partial charge in [0.25, 0.3) is 0 Å². The molecule has 22 heavy (non-hydrogen) atoms. The Balaban J connectivity index is 1.76. The van der Waals surface area contributed by atoms with E-state index in [1.807, 2.05) is 36.4 Å². The summed E-state index contributed by atoms with van der Waals surface area (Å²) in [6, 6.07) is 17.5. The summed E-state index contributed by atoms with van der Waals surface area (Å²) in [6.45, 7) is 2.10. The first-order chi connectivity index (χ1) is 10.7. The molecule has 1 amide bonds. The van der Waals surface area contributed by atoms with Crippen LogP contribution in [0.3, 0.4) is 0 Å². The number of hydrogen-bond acceptors (Lipinski definition) is 3. The quantitative estimate of drug-likeness (QED) is 0.877. The molecule has 4 heteroatoms. The number of carbonyl (C=O) groups is 1. The van der Waals surface area contributed by atoms with E-state index >= 15 is 0 Å². The summed E-state index contributed by atoms with van der Waals surface area (Å²) in [5.74, 6) is 1.17. The monoisotopic (exact) mass is 310 g/mol. The van der Waals surface area contributed by atoms with Gasteiger partial charge in [0.1, 0.15) is 0 Å². The Morgan fingerprint density at radius 1 is 1.09 bits per heavy atom. The van der Waals surface area contributed by atoms with E-state index in [4.69, 9.17) is 5.26 Å². The first kappa shape index (κ1) is 16.1. The van der Waals surface area contributed by atoms with Gasteiger partial charge < -0.3 is 5.32 Å². The molecule has 0 heterocycles. The van der Waals surface area contributed by atoms with Crippen LogP contribution in [0.2, 0.25) is 0 Å². The number of benzene rings is 2. The van der Waals surface area contributed by atoms with Gasteiger partial charge in [0, 0.05) is 11.4 Å². The molecule has 0 aliphatic heterocycles. The fourth-order valence-corrected chi connectivity index (χ4v) is 2.75. The fourth-order valence-electron chi connectivity index (χ4n) is 1.96. The summed E-state index contributed by atoms with van der Waals surface area (Å²) in [5.41, 5.74) is 3.86. The lowest BCUT2D eigenvalue weighted by molar-refractivity contribution is -0.113. The number of hydrogen-bond donors (Lipinski definition) is 1. The van der Waals surface area contributed by atoms with Crippen molar-refractivity contribution in [2.24, 2.45) is 0 Å². The molecule has 0 saturated heterocycles. The summed E-state index contributed by atoms with van der Waals surface area (Å²) in [4.78, 5) is 11.9. The highest BCUT2D eigenvalue weighted by atomic mass is 32.2. The van der Waals surface area contributed by atoms with Crippen LogP contribution in [0, 0.1) is 11.3 Å². The topological polar surface area (TPSA) is 52.9 Å².